The van der Waals surface area contributed by atoms with Crippen molar-refractivity contribution < 1.29 is 4.79 Å². The molecule has 0 heterocycles. The first-order chi connectivity index (χ1) is 10.1. The minimum atomic E-state index is -0.0791. The summed E-state index contributed by atoms with van der Waals surface area (Å²) in [6.45, 7) is 2.65. The zero-order valence-corrected chi connectivity index (χ0v) is 12.7. The van der Waals surface area contributed by atoms with Crippen molar-refractivity contribution in [3.05, 3.63) is 76.3 Å². The molecule has 0 aliphatic heterocycles. The number of amides is 1. The maximum atomic E-state index is 11.7. The molecule has 0 saturated carbocycles. The minimum absolute atomic E-state index is 0.0791. The Morgan fingerprint density at radius 2 is 1.76 bits per heavy atom. The van der Waals surface area contributed by atoms with E-state index in [1.54, 1.807) is 6.08 Å². The third-order valence-corrected chi connectivity index (χ3v) is 3.38. The molecule has 21 heavy (non-hydrogen) atoms. The fourth-order valence-electron chi connectivity index (χ4n) is 1.89. The number of benzene rings is 2. The van der Waals surface area contributed by atoms with Gasteiger partial charge in [0.1, 0.15) is 0 Å². The molecule has 0 radical (unpaired) electrons. The van der Waals surface area contributed by atoms with Crippen LogP contribution in [0.25, 0.3) is 6.08 Å². The van der Waals surface area contributed by atoms with Crippen LogP contribution in [-0.4, -0.2) is 12.5 Å². The Balaban J connectivity index is 1.77. The Bertz CT molecular complexity index is 615. The van der Waals surface area contributed by atoms with Gasteiger partial charge in [-0.25, -0.2) is 0 Å². The highest BCUT2D eigenvalue weighted by molar-refractivity contribution is 6.30. The fourth-order valence-corrected chi connectivity index (χ4v) is 2.02. The monoisotopic (exact) mass is 299 g/mol. The number of hydrogen-bond acceptors (Lipinski definition) is 1. The van der Waals surface area contributed by atoms with E-state index in [-0.39, 0.29) is 5.91 Å². The van der Waals surface area contributed by atoms with Gasteiger partial charge in [0.25, 0.3) is 0 Å². The largest absolute Gasteiger partial charge is 0.352 e. The van der Waals surface area contributed by atoms with E-state index in [1.165, 1.54) is 5.56 Å². The van der Waals surface area contributed by atoms with Crippen LogP contribution in [-0.2, 0) is 11.2 Å². The van der Waals surface area contributed by atoms with Crippen molar-refractivity contribution in [2.45, 2.75) is 13.3 Å². The van der Waals surface area contributed by atoms with Crippen molar-refractivity contribution in [1.29, 1.82) is 0 Å². The fraction of sp³-hybridized carbons (Fsp3) is 0.167. The molecule has 108 valence electrons. The Morgan fingerprint density at radius 1 is 1.10 bits per heavy atom. The normalized spacial score (nSPS) is 10.8. The molecule has 0 aromatic heterocycles. The quantitative estimate of drug-likeness (QED) is 0.830. The van der Waals surface area contributed by atoms with Gasteiger partial charge in [-0.15, -0.1) is 0 Å². The highest BCUT2D eigenvalue weighted by atomic mass is 35.5. The number of halogens is 1. The maximum absolute atomic E-state index is 11.7. The average Bonchev–Trinajstić information content (AvgIpc) is 2.49. The SMILES string of the molecule is Cc1ccc(/C=C/C(=O)NCCc2ccc(Cl)cc2)cc1. The lowest BCUT2D eigenvalue weighted by molar-refractivity contribution is -0.116. The van der Waals surface area contributed by atoms with Crippen molar-refractivity contribution in [3.63, 3.8) is 0 Å². The highest BCUT2D eigenvalue weighted by Gasteiger charge is 1.97. The van der Waals surface area contributed by atoms with Gasteiger partial charge >= 0.3 is 0 Å². The Kier molecular flexibility index (Phi) is 5.59. The summed E-state index contributed by atoms with van der Waals surface area (Å²) in [5.41, 5.74) is 3.38. The molecule has 3 heteroatoms. The van der Waals surface area contributed by atoms with Crippen LogP contribution in [0.15, 0.2) is 54.6 Å². The molecule has 0 spiro atoms. The first kappa shape index (κ1) is 15.3. The molecule has 0 bridgehead atoms. The van der Waals surface area contributed by atoms with Gasteiger partial charge < -0.3 is 5.32 Å². The summed E-state index contributed by atoms with van der Waals surface area (Å²) in [4.78, 5) is 11.7. The predicted molar refractivity (Wildman–Crippen MR) is 88.4 cm³/mol. The van der Waals surface area contributed by atoms with Gasteiger partial charge in [-0.05, 0) is 42.7 Å². The third-order valence-electron chi connectivity index (χ3n) is 3.13. The standard InChI is InChI=1S/C18H18ClNO/c1-14-2-4-15(5-3-14)8-11-18(21)20-13-12-16-6-9-17(19)10-7-16/h2-11H,12-13H2,1H3,(H,20,21)/b11-8+. The van der Waals surface area contributed by atoms with Crippen LogP contribution in [0, 0.1) is 6.92 Å². The Hall–Kier alpha value is -2.06. The number of hydrogen-bond donors (Lipinski definition) is 1. The molecule has 0 aliphatic carbocycles. The predicted octanol–water partition coefficient (Wildman–Crippen LogP) is 4.02. The molecule has 1 amide bonds. The summed E-state index contributed by atoms with van der Waals surface area (Å²) in [6, 6.07) is 15.7. The molecule has 0 unspecified atom stereocenters. The van der Waals surface area contributed by atoms with Crippen LogP contribution in [0.1, 0.15) is 16.7 Å². The number of aryl methyl sites for hydroxylation is 1. The van der Waals surface area contributed by atoms with Crippen LogP contribution in [0.4, 0.5) is 0 Å². The molecule has 2 aromatic carbocycles. The van der Waals surface area contributed by atoms with Crippen LogP contribution >= 0.6 is 11.6 Å². The molecule has 2 aromatic rings. The summed E-state index contributed by atoms with van der Waals surface area (Å²) < 4.78 is 0. The minimum Gasteiger partial charge on any atom is -0.352 e. The van der Waals surface area contributed by atoms with Crippen molar-refractivity contribution in [2.24, 2.45) is 0 Å². The lowest BCUT2D eigenvalue weighted by Crippen LogP contribution is -2.23. The molecule has 0 atom stereocenters. The van der Waals surface area contributed by atoms with Gasteiger partial charge in [-0.1, -0.05) is 53.6 Å². The smallest absolute Gasteiger partial charge is 0.244 e. The first-order valence-electron chi connectivity index (χ1n) is 6.90. The summed E-state index contributed by atoms with van der Waals surface area (Å²) in [5.74, 6) is -0.0791. The van der Waals surface area contributed by atoms with E-state index in [0.717, 1.165) is 22.6 Å². The van der Waals surface area contributed by atoms with Crippen molar-refractivity contribution in [3.8, 4) is 0 Å². The first-order valence-corrected chi connectivity index (χ1v) is 7.28. The summed E-state index contributed by atoms with van der Waals surface area (Å²) in [5, 5.41) is 3.59. The van der Waals surface area contributed by atoms with E-state index < -0.39 is 0 Å². The van der Waals surface area contributed by atoms with Crippen molar-refractivity contribution >= 4 is 23.6 Å². The molecule has 1 N–H and O–H groups in total. The van der Waals surface area contributed by atoms with Crippen LogP contribution in [0.3, 0.4) is 0 Å². The second-order valence-electron chi connectivity index (χ2n) is 4.91. The number of carbonyl (C=O) groups is 1. The molecule has 2 nitrogen and oxygen atoms in total. The highest BCUT2D eigenvalue weighted by Crippen LogP contribution is 2.09. The number of nitrogens with one attached hydrogen (secondary N) is 1. The lowest BCUT2D eigenvalue weighted by atomic mass is 10.1. The van der Waals surface area contributed by atoms with E-state index in [9.17, 15) is 4.79 Å². The van der Waals surface area contributed by atoms with E-state index in [4.69, 9.17) is 11.6 Å². The van der Waals surface area contributed by atoms with Gasteiger partial charge in [-0.3, -0.25) is 4.79 Å². The summed E-state index contributed by atoms with van der Waals surface area (Å²) >= 11 is 5.83. The molecule has 0 aliphatic rings. The van der Waals surface area contributed by atoms with Crippen molar-refractivity contribution in [2.75, 3.05) is 6.54 Å². The van der Waals surface area contributed by atoms with Crippen LogP contribution in [0.2, 0.25) is 5.02 Å². The lowest BCUT2D eigenvalue weighted by Gasteiger charge is -2.03. The van der Waals surface area contributed by atoms with Gasteiger partial charge in [0.15, 0.2) is 0 Å². The van der Waals surface area contributed by atoms with Crippen LogP contribution in [0.5, 0.6) is 0 Å². The van der Waals surface area contributed by atoms with Gasteiger partial charge in [-0.2, -0.15) is 0 Å². The zero-order valence-electron chi connectivity index (χ0n) is 12.0. The second kappa shape index (κ2) is 7.65. The molecular formula is C18H18ClNO. The Labute approximate surface area is 130 Å². The van der Waals surface area contributed by atoms with Gasteiger partial charge in [0, 0.05) is 17.6 Å². The summed E-state index contributed by atoms with van der Waals surface area (Å²) in [6.07, 6.45) is 4.17. The van der Waals surface area contributed by atoms with E-state index in [0.29, 0.717) is 6.54 Å². The van der Waals surface area contributed by atoms with E-state index in [1.807, 2.05) is 61.5 Å². The number of rotatable bonds is 5. The third kappa shape index (κ3) is 5.44. The molecule has 0 fully saturated rings. The number of carbonyl (C=O) groups excluding carboxylic acids is 1. The zero-order chi connectivity index (χ0) is 15.1. The van der Waals surface area contributed by atoms with Gasteiger partial charge in [0.05, 0.1) is 0 Å². The summed E-state index contributed by atoms with van der Waals surface area (Å²) in [7, 11) is 0. The van der Waals surface area contributed by atoms with Gasteiger partial charge in [0.2, 0.25) is 5.91 Å². The van der Waals surface area contributed by atoms with Crippen LogP contribution < -0.4 is 5.32 Å². The Morgan fingerprint density at radius 3 is 2.43 bits per heavy atom. The van der Waals surface area contributed by atoms with E-state index in [2.05, 4.69) is 5.32 Å². The van der Waals surface area contributed by atoms with E-state index >= 15 is 0 Å². The topological polar surface area (TPSA) is 29.1 Å². The second-order valence-corrected chi connectivity index (χ2v) is 5.35. The maximum Gasteiger partial charge on any atom is 0.244 e. The van der Waals surface area contributed by atoms with Crippen molar-refractivity contribution in [1.82, 2.24) is 5.32 Å². The average molecular weight is 300 g/mol. The molecule has 2 rings (SSSR count). The molecular weight excluding hydrogens is 282 g/mol. The molecule has 0 saturated heterocycles.